The molecule has 2 aromatic carbocycles. The van der Waals surface area contributed by atoms with Crippen LogP contribution in [0, 0.1) is 5.92 Å². The number of benzene rings is 2. The largest absolute Gasteiger partial charge is 0.483 e. The van der Waals surface area contributed by atoms with Gasteiger partial charge in [0, 0.05) is 44.6 Å². The van der Waals surface area contributed by atoms with Crippen molar-refractivity contribution >= 4 is 5.69 Å². The molecule has 6 nitrogen and oxygen atoms in total. The lowest BCUT2D eigenvalue weighted by atomic mass is 9.99. The van der Waals surface area contributed by atoms with Gasteiger partial charge in [-0.25, -0.2) is 4.98 Å². The van der Waals surface area contributed by atoms with Crippen molar-refractivity contribution in [1.29, 1.82) is 0 Å². The second kappa shape index (κ2) is 9.08. The first-order chi connectivity index (χ1) is 16.6. The average Bonchev–Trinajstić information content (AvgIpc) is 3.29. The van der Waals surface area contributed by atoms with Gasteiger partial charge in [-0.3, -0.25) is 9.47 Å². The minimum Gasteiger partial charge on any atom is -0.483 e. The topological polar surface area (TPSA) is 36.8 Å². The first kappa shape index (κ1) is 21.7. The summed E-state index contributed by atoms with van der Waals surface area (Å²) < 4.78 is 8.37. The lowest BCUT2D eigenvalue weighted by Gasteiger charge is -2.34. The molecule has 4 heterocycles. The number of imidazole rings is 1. The molecule has 3 aliphatic rings. The number of anilines is 1. The summed E-state index contributed by atoms with van der Waals surface area (Å²) in [6.07, 6.45) is 4.79. The fraction of sp³-hybridized carbons (Fsp3) is 0.464. The molecule has 2 fully saturated rings. The molecule has 0 spiro atoms. The summed E-state index contributed by atoms with van der Waals surface area (Å²) in [6.45, 7) is 10.6. The van der Waals surface area contributed by atoms with Crippen molar-refractivity contribution in [2.45, 2.75) is 32.9 Å². The van der Waals surface area contributed by atoms with E-state index >= 15 is 0 Å². The molecule has 2 saturated heterocycles. The number of likely N-dealkylation sites (tertiary alicyclic amines) is 1. The van der Waals surface area contributed by atoms with Crippen LogP contribution in [-0.2, 0) is 13.2 Å². The molecule has 0 aliphatic carbocycles. The fourth-order valence-corrected chi connectivity index (χ4v) is 5.39. The van der Waals surface area contributed by atoms with Crippen LogP contribution in [0.2, 0.25) is 0 Å². The SMILES string of the molecule is CC1CCN(Cc2cn3c(n2)COc2cc(-c4ccc(N5CCN(C)CC5)cc4)ccc2-3)CC1. The molecule has 178 valence electrons. The number of hydrogen-bond acceptors (Lipinski definition) is 5. The van der Waals surface area contributed by atoms with Gasteiger partial charge >= 0.3 is 0 Å². The van der Waals surface area contributed by atoms with Crippen molar-refractivity contribution in [3.05, 3.63) is 60.2 Å². The van der Waals surface area contributed by atoms with Gasteiger partial charge in [-0.05, 0) is 74.3 Å². The van der Waals surface area contributed by atoms with E-state index in [1.54, 1.807) is 0 Å². The third kappa shape index (κ3) is 4.32. The lowest BCUT2D eigenvalue weighted by molar-refractivity contribution is 0.183. The molecule has 6 heteroatoms. The van der Waals surface area contributed by atoms with E-state index in [1.807, 2.05) is 0 Å². The summed E-state index contributed by atoms with van der Waals surface area (Å²) in [7, 11) is 2.20. The van der Waals surface area contributed by atoms with Gasteiger partial charge in [0.1, 0.15) is 12.4 Å². The Morgan fingerprint density at radius 3 is 2.41 bits per heavy atom. The quantitative estimate of drug-likeness (QED) is 0.580. The summed E-state index contributed by atoms with van der Waals surface area (Å²) in [5.74, 6) is 2.78. The Kier molecular flexibility index (Phi) is 5.79. The van der Waals surface area contributed by atoms with E-state index in [1.165, 1.54) is 42.7 Å². The molecule has 3 aromatic rings. The van der Waals surface area contributed by atoms with E-state index in [0.29, 0.717) is 6.61 Å². The number of likely N-dealkylation sites (N-methyl/N-ethyl adjacent to an activating group) is 1. The molecular formula is C28H35N5O. The van der Waals surface area contributed by atoms with Gasteiger partial charge in [-0.1, -0.05) is 25.1 Å². The molecule has 34 heavy (non-hydrogen) atoms. The van der Waals surface area contributed by atoms with Gasteiger partial charge in [0.05, 0.1) is 11.4 Å². The highest BCUT2D eigenvalue weighted by Crippen LogP contribution is 2.35. The zero-order valence-electron chi connectivity index (χ0n) is 20.4. The van der Waals surface area contributed by atoms with E-state index in [9.17, 15) is 0 Å². The van der Waals surface area contributed by atoms with Crippen LogP contribution >= 0.6 is 0 Å². The van der Waals surface area contributed by atoms with E-state index in [-0.39, 0.29) is 0 Å². The first-order valence-corrected chi connectivity index (χ1v) is 12.7. The molecule has 0 amide bonds. The van der Waals surface area contributed by atoms with Crippen molar-refractivity contribution in [1.82, 2.24) is 19.4 Å². The number of fused-ring (bicyclic) bond motifs is 3. The molecule has 6 rings (SSSR count). The second-order valence-corrected chi connectivity index (χ2v) is 10.3. The van der Waals surface area contributed by atoms with Crippen LogP contribution in [0.15, 0.2) is 48.7 Å². The zero-order chi connectivity index (χ0) is 23.1. The number of aromatic nitrogens is 2. The number of hydrogen-bond donors (Lipinski definition) is 0. The Morgan fingerprint density at radius 2 is 1.65 bits per heavy atom. The first-order valence-electron chi connectivity index (χ1n) is 12.7. The highest BCUT2D eigenvalue weighted by Gasteiger charge is 2.22. The number of nitrogens with zero attached hydrogens (tertiary/aromatic N) is 5. The molecule has 0 unspecified atom stereocenters. The average molecular weight is 458 g/mol. The zero-order valence-corrected chi connectivity index (χ0v) is 20.4. The van der Waals surface area contributed by atoms with Crippen LogP contribution in [0.25, 0.3) is 16.8 Å². The van der Waals surface area contributed by atoms with Crippen LogP contribution in [0.1, 0.15) is 31.3 Å². The van der Waals surface area contributed by atoms with Gasteiger partial charge in [0.15, 0.2) is 5.82 Å². The number of piperazine rings is 1. The fourth-order valence-electron chi connectivity index (χ4n) is 5.39. The summed E-state index contributed by atoms with van der Waals surface area (Å²) in [4.78, 5) is 12.3. The van der Waals surface area contributed by atoms with E-state index in [0.717, 1.165) is 61.6 Å². The van der Waals surface area contributed by atoms with E-state index in [4.69, 9.17) is 9.72 Å². The Hall–Kier alpha value is -2.83. The highest BCUT2D eigenvalue weighted by molar-refractivity contribution is 5.70. The minimum absolute atomic E-state index is 0.524. The molecule has 0 saturated carbocycles. The molecule has 0 N–H and O–H groups in total. The Morgan fingerprint density at radius 1 is 0.912 bits per heavy atom. The monoisotopic (exact) mass is 457 g/mol. The van der Waals surface area contributed by atoms with Crippen molar-refractivity contribution in [2.24, 2.45) is 5.92 Å². The summed E-state index contributed by atoms with van der Waals surface area (Å²) in [5, 5.41) is 0. The molecule has 1 aromatic heterocycles. The Balaban J connectivity index is 1.18. The van der Waals surface area contributed by atoms with Crippen LogP contribution < -0.4 is 9.64 Å². The maximum atomic E-state index is 6.15. The van der Waals surface area contributed by atoms with Crippen LogP contribution in [0.3, 0.4) is 0 Å². The van der Waals surface area contributed by atoms with Crippen LogP contribution in [-0.4, -0.2) is 65.7 Å². The van der Waals surface area contributed by atoms with E-state index in [2.05, 4.69) is 81.9 Å². The standard InChI is InChI=1S/C28H35N5O/c1-21-9-11-31(12-10-21)18-24-19-33-26-8-5-23(17-27(26)34-20-28(33)29-24)22-3-6-25(7-4-22)32-15-13-30(2)14-16-32/h3-8,17,19,21H,9-16,18,20H2,1-2H3. The molecule has 0 bridgehead atoms. The predicted octanol–water partition coefficient (Wildman–Crippen LogP) is 4.42. The van der Waals surface area contributed by atoms with Crippen molar-refractivity contribution in [2.75, 3.05) is 51.2 Å². The number of piperidine rings is 1. The normalized spacial score (nSPS) is 19.5. The number of ether oxygens (including phenoxy) is 1. The van der Waals surface area contributed by atoms with Gasteiger partial charge in [-0.2, -0.15) is 0 Å². The highest BCUT2D eigenvalue weighted by atomic mass is 16.5. The predicted molar refractivity (Wildman–Crippen MR) is 137 cm³/mol. The summed E-state index contributed by atoms with van der Waals surface area (Å²) >= 11 is 0. The third-order valence-electron chi connectivity index (χ3n) is 7.74. The smallest absolute Gasteiger partial charge is 0.151 e. The lowest BCUT2D eigenvalue weighted by Crippen LogP contribution is -2.44. The molecule has 3 aliphatic heterocycles. The van der Waals surface area contributed by atoms with Gasteiger partial charge in [0.25, 0.3) is 0 Å². The molecular weight excluding hydrogens is 422 g/mol. The molecule has 0 radical (unpaired) electrons. The van der Waals surface area contributed by atoms with Crippen LogP contribution in [0.4, 0.5) is 5.69 Å². The van der Waals surface area contributed by atoms with E-state index < -0.39 is 0 Å². The Labute approximate surface area is 202 Å². The van der Waals surface area contributed by atoms with Gasteiger partial charge in [-0.15, -0.1) is 0 Å². The summed E-state index contributed by atoms with van der Waals surface area (Å²) in [6, 6.07) is 15.5. The van der Waals surface area contributed by atoms with Crippen molar-refractivity contribution in [3.63, 3.8) is 0 Å². The second-order valence-electron chi connectivity index (χ2n) is 10.3. The maximum absolute atomic E-state index is 6.15. The van der Waals surface area contributed by atoms with Crippen LogP contribution in [0.5, 0.6) is 5.75 Å². The minimum atomic E-state index is 0.524. The van der Waals surface area contributed by atoms with Crippen molar-refractivity contribution in [3.8, 4) is 22.6 Å². The van der Waals surface area contributed by atoms with Gasteiger partial charge < -0.3 is 14.5 Å². The number of rotatable bonds is 4. The third-order valence-corrected chi connectivity index (χ3v) is 7.74. The maximum Gasteiger partial charge on any atom is 0.151 e. The van der Waals surface area contributed by atoms with Gasteiger partial charge in [0.2, 0.25) is 0 Å². The molecule has 0 atom stereocenters. The Bertz CT molecular complexity index is 1140. The summed E-state index contributed by atoms with van der Waals surface area (Å²) in [5.41, 5.74) is 5.95. The van der Waals surface area contributed by atoms with Crippen molar-refractivity contribution < 1.29 is 4.74 Å².